The van der Waals surface area contributed by atoms with Gasteiger partial charge in [-0.05, 0) is 24.5 Å². The molecule has 1 aromatic rings. The second-order valence-corrected chi connectivity index (χ2v) is 4.71. The van der Waals surface area contributed by atoms with Gasteiger partial charge < -0.3 is 5.32 Å². The predicted octanol–water partition coefficient (Wildman–Crippen LogP) is 3.76. The molecule has 2 rings (SSSR count). The Hall–Kier alpha value is -0.530. The molecule has 1 N–H and O–H groups in total. The Morgan fingerprint density at radius 2 is 1.87 bits per heavy atom. The summed E-state index contributed by atoms with van der Waals surface area (Å²) in [7, 11) is 0. The topological polar surface area (TPSA) is 12.0 Å². The molecule has 1 aliphatic rings. The molecule has 0 atom stereocenters. The highest BCUT2D eigenvalue weighted by molar-refractivity contribution is 6.31. The van der Waals surface area contributed by atoms with Gasteiger partial charge in [0.25, 0.3) is 0 Å². The standard InChI is InChI=1S/C13H18ClN/c14-13-9-5-4-6-11(13)10-15-12-7-2-1-3-8-12/h4-6,9,12,15H,1-3,7-8,10H2. The third kappa shape index (κ3) is 3.22. The van der Waals surface area contributed by atoms with Crippen molar-refractivity contribution in [3.63, 3.8) is 0 Å². The third-order valence-electron chi connectivity index (χ3n) is 3.14. The number of rotatable bonds is 3. The number of benzene rings is 1. The highest BCUT2D eigenvalue weighted by Gasteiger charge is 2.12. The lowest BCUT2D eigenvalue weighted by atomic mass is 9.95. The summed E-state index contributed by atoms with van der Waals surface area (Å²) in [6.45, 7) is 0.907. The molecular formula is C13H18ClN. The minimum Gasteiger partial charge on any atom is -0.310 e. The fourth-order valence-corrected chi connectivity index (χ4v) is 2.41. The molecule has 0 heterocycles. The van der Waals surface area contributed by atoms with Gasteiger partial charge in [-0.1, -0.05) is 49.1 Å². The van der Waals surface area contributed by atoms with Crippen LogP contribution >= 0.6 is 11.6 Å². The van der Waals surface area contributed by atoms with Crippen LogP contribution in [0.25, 0.3) is 0 Å². The maximum Gasteiger partial charge on any atom is 0.0450 e. The van der Waals surface area contributed by atoms with Gasteiger partial charge in [0.15, 0.2) is 0 Å². The quantitative estimate of drug-likeness (QED) is 0.823. The maximum absolute atomic E-state index is 6.10. The molecule has 0 amide bonds. The van der Waals surface area contributed by atoms with Crippen molar-refractivity contribution in [1.82, 2.24) is 5.32 Å². The summed E-state index contributed by atoms with van der Waals surface area (Å²) in [6, 6.07) is 8.78. The van der Waals surface area contributed by atoms with Gasteiger partial charge in [-0.15, -0.1) is 0 Å². The van der Waals surface area contributed by atoms with E-state index in [0.717, 1.165) is 11.6 Å². The first kappa shape index (κ1) is 11.0. The fourth-order valence-electron chi connectivity index (χ4n) is 2.20. The number of nitrogens with one attached hydrogen (secondary N) is 1. The molecule has 1 fully saturated rings. The Balaban J connectivity index is 1.84. The zero-order chi connectivity index (χ0) is 10.5. The fraction of sp³-hybridized carbons (Fsp3) is 0.538. The molecule has 1 saturated carbocycles. The second-order valence-electron chi connectivity index (χ2n) is 4.31. The van der Waals surface area contributed by atoms with E-state index in [1.165, 1.54) is 37.7 Å². The molecule has 0 aromatic heterocycles. The summed E-state index contributed by atoms with van der Waals surface area (Å²) in [5.41, 5.74) is 1.21. The first-order chi connectivity index (χ1) is 7.36. The molecule has 0 saturated heterocycles. The average Bonchev–Trinajstić information content (AvgIpc) is 2.29. The van der Waals surface area contributed by atoms with Crippen LogP contribution in [0.1, 0.15) is 37.7 Å². The lowest BCUT2D eigenvalue weighted by molar-refractivity contribution is 0.372. The van der Waals surface area contributed by atoms with Gasteiger partial charge in [0, 0.05) is 17.6 Å². The Morgan fingerprint density at radius 3 is 2.60 bits per heavy atom. The predicted molar refractivity (Wildman–Crippen MR) is 65.2 cm³/mol. The first-order valence-electron chi connectivity index (χ1n) is 5.83. The van der Waals surface area contributed by atoms with Gasteiger partial charge in [-0.2, -0.15) is 0 Å². The van der Waals surface area contributed by atoms with Crippen LogP contribution < -0.4 is 5.32 Å². The smallest absolute Gasteiger partial charge is 0.0450 e. The Morgan fingerprint density at radius 1 is 1.13 bits per heavy atom. The summed E-state index contributed by atoms with van der Waals surface area (Å²) in [5.74, 6) is 0. The summed E-state index contributed by atoms with van der Waals surface area (Å²) in [4.78, 5) is 0. The van der Waals surface area contributed by atoms with Gasteiger partial charge in [-0.25, -0.2) is 0 Å². The Kier molecular flexibility index (Phi) is 4.04. The van der Waals surface area contributed by atoms with E-state index in [4.69, 9.17) is 11.6 Å². The molecule has 0 radical (unpaired) electrons. The van der Waals surface area contributed by atoms with E-state index in [1.54, 1.807) is 0 Å². The summed E-state index contributed by atoms with van der Waals surface area (Å²) in [5, 5.41) is 4.47. The van der Waals surface area contributed by atoms with E-state index in [2.05, 4.69) is 11.4 Å². The van der Waals surface area contributed by atoms with Crippen molar-refractivity contribution in [3.8, 4) is 0 Å². The van der Waals surface area contributed by atoms with Crippen molar-refractivity contribution >= 4 is 11.6 Å². The Bertz CT molecular complexity index is 305. The van der Waals surface area contributed by atoms with E-state index in [1.807, 2.05) is 18.2 Å². The molecule has 0 aliphatic heterocycles. The van der Waals surface area contributed by atoms with Crippen molar-refractivity contribution in [1.29, 1.82) is 0 Å². The van der Waals surface area contributed by atoms with E-state index in [-0.39, 0.29) is 0 Å². The second kappa shape index (κ2) is 5.53. The van der Waals surface area contributed by atoms with Gasteiger partial charge in [-0.3, -0.25) is 0 Å². The van der Waals surface area contributed by atoms with Crippen molar-refractivity contribution in [3.05, 3.63) is 34.9 Å². The minimum atomic E-state index is 0.704. The van der Waals surface area contributed by atoms with Gasteiger partial charge in [0.1, 0.15) is 0 Å². The number of hydrogen-bond acceptors (Lipinski definition) is 1. The molecule has 0 unspecified atom stereocenters. The van der Waals surface area contributed by atoms with Crippen molar-refractivity contribution < 1.29 is 0 Å². The van der Waals surface area contributed by atoms with Gasteiger partial charge in [0.05, 0.1) is 0 Å². The molecule has 1 aromatic carbocycles. The largest absolute Gasteiger partial charge is 0.310 e. The monoisotopic (exact) mass is 223 g/mol. The summed E-state index contributed by atoms with van der Waals surface area (Å²) < 4.78 is 0. The molecule has 0 bridgehead atoms. The zero-order valence-electron chi connectivity index (χ0n) is 9.01. The number of halogens is 1. The molecule has 0 spiro atoms. The normalized spacial score (nSPS) is 17.9. The van der Waals surface area contributed by atoms with E-state index in [0.29, 0.717) is 6.04 Å². The lowest BCUT2D eigenvalue weighted by Crippen LogP contribution is -2.30. The Labute approximate surface area is 96.8 Å². The minimum absolute atomic E-state index is 0.704. The molecule has 1 aliphatic carbocycles. The average molecular weight is 224 g/mol. The van der Waals surface area contributed by atoms with Crippen LogP contribution in [0.3, 0.4) is 0 Å². The SMILES string of the molecule is Clc1ccccc1CNC1CCCCC1. The lowest BCUT2D eigenvalue weighted by Gasteiger charge is -2.23. The number of hydrogen-bond donors (Lipinski definition) is 1. The van der Waals surface area contributed by atoms with Crippen LogP contribution in [0, 0.1) is 0 Å². The molecule has 2 heteroatoms. The van der Waals surface area contributed by atoms with Crippen LogP contribution in [0.4, 0.5) is 0 Å². The summed E-state index contributed by atoms with van der Waals surface area (Å²) in [6.07, 6.45) is 6.81. The van der Waals surface area contributed by atoms with Crippen LogP contribution in [0.2, 0.25) is 5.02 Å². The van der Waals surface area contributed by atoms with Crippen LogP contribution in [-0.2, 0) is 6.54 Å². The third-order valence-corrected chi connectivity index (χ3v) is 3.51. The van der Waals surface area contributed by atoms with Gasteiger partial charge in [0.2, 0.25) is 0 Å². The van der Waals surface area contributed by atoms with Crippen LogP contribution in [0.5, 0.6) is 0 Å². The van der Waals surface area contributed by atoms with E-state index >= 15 is 0 Å². The van der Waals surface area contributed by atoms with Crippen LogP contribution in [-0.4, -0.2) is 6.04 Å². The molecule has 15 heavy (non-hydrogen) atoms. The zero-order valence-corrected chi connectivity index (χ0v) is 9.76. The van der Waals surface area contributed by atoms with Gasteiger partial charge >= 0.3 is 0 Å². The summed E-state index contributed by atoms with van der Waals surface area (Å²) >= 11 is 6.10. The van der Waals surface area contributed by atoms with Crippen molar-refractivity contribution in [2.45, 2.75) is 44.7 Å². The van der Waals surface area contributed by atoms with Crippen molar-refractivity contribution in [2.24, 2.45) is 0 Å². The molecule has 1 nitrogen and oxygen atoms in total. The highest BCUT2D eigenvalue weighted by Crippen LogP contribution is 2.19. The van der Waals surface area contributed by atoms with E-state index in [9.17, 15) is 0 Å². The van der Waals surface area contributed by atoms with Crippen molar-refractivity contribution in [2.75, 3.05) is 0 Å². The maximum atomic E-state index is 6.10. The van der Waals surface area contributed by atoms with Crippen LogP contribution in [0.15, 0.2) is 24.3 Å². The highest BCUT2D eigenvalue weighted by atomic mass is 35.5. The first-order valence-corrected chi connectivity index (χ1v) is 6.21. The molecular weight excluding hydrogens is 206 g/mol. The van der Waals surface area contributed by atoms with E-state index < -0.39 is 0 Å². The molecule has 82 valence electrons.